The van der Waals surface area contributed by atoms with Crippen molar-refractivity contribution in [3.8, 4) is 0 Å². The number of rotatable bonds is 4. The van der Waals surface area contributed by atoms with Crippen LogP contribution in [0.2, 0.25) is 0 Å². The lowest BCUT2D eigenvalue weighted by molar-refractivity contribution is 0.0944. The quantitative estimate of drug-likeness (QED) is 0.822. The van der Waals surface area contributed by atoms with Gasteiger partial charge in [0.1, 0.15) is 0 Å². The number of amides is 1. The Morgan fingerprint density at radius 1 is 1.50 bits per heavy atom. The number of thioether (sulfide) groups is 1. The predicted octanol–water partition coefficient (Wildman–Crippen LogP) is 2.59. The highest BCUT2D eigenvalue weighted by Gasteiger charge is 2.36. The van der Waals surface area contributed by atoms with Gasteiger partial charge in [0.15, 0.2) is 0 Å². The van der Waals surface area contributed by atoms with Crippen LogP contribution in [0, 0.1) is 6.92 Å². The van der Waals surface area contributed by atoms with Crippen LogP contribution in [0.3, 0.4) is 0 Å². The molecule has 1 aromatic carbocycles. The molecule has 1 amide bonds. The first-order valence-corrected chi connectivity index (χ1v) is 7.49. The minimum atomic E-state index is -0.0501. The average Bonchev–Trinajstić information content (AvgIpc) is 2.28. The number of hydrogen-bond donors (Lipinski definition) is 2. The lowest BCUT2D eigenvalue weighted by atomic mass is 9.84. The zero-order chi connectivity index (χ0) is 13.2. The van der Waals surface area contributed by atoms with Gasteiger partial charge in [0.2, 0.25) is 0 Å². The van der Waals surface area contributed by atoms with E-state index in [1.54, 1.807) is 6.07 Å². The highest BCUT2D eigenvalue weighted by molar-refractivity contribution is 8.00. The van der Waals surface area contributed by atoms with Crippen molar-refractivity contribution in [1.82, 2.24) is 5.32 Å². The van der Waals surface area contributed by atoms with Crippen molar-refractivity contribution in [1.29, 1.82) is 0 Å². The van der Waals surface area contributed by atoms with E-state index >= 15 is 0 Å². The maximum Gasteiger partial charge on any atom is 0.253 e. The van der Waals surface area contributed by atoms with E-state index in [9.17, 15) is 4.79 Å². The van der Waals surface area contributed by atoms with Crippen LogP contribution in [-0.2, 0) is 0 Å². The molecule has 0 bridgehead atoms. The molecule has 1 aliphatic carbocycles. The van der Waals surface area contributed by atoms with E-state index in [1.807, 2.05) is 30.8 Å². The molecule has 4 heteroatoms. The predicted molar refractivity (Wildman–Crippen MR) is 78.0 cm³/mol. The van der Waals surface area contributed by atoms with Gasteiger partial charge < -0.3 is 11.1 Å². The minimum absolute atomic E-state index is 0.0501. The molecular weight excluding hydrogens is 244 g/mol. The van der Waals surface area contributed by atoms with Gasteiger partial charge >= 0.3 is 0 Å². The Morgan fingerprint density at radius 2 is 2.22 bits per heavy atom. The van der Waals surface area contributed by atoms with Gasteiger partial charge in [-0.3, -0.25) is 4.79 Å². The molecule has 2 rings (SSSR count). The molecular formula is C14H20N2OS. The molecule has 0 aliphatic heterocycles. The van der Waals surface area contributed by atoms with E-state index in [0.717, 1.165) is 12.1 Å². The lowest BCUT2D eigenvalue weighted by Crippen LogP contribution is -2.45. The van der Waals surface area contributed by atoms with E-state index in [-0.39, 0.29) is 10.7 Å². The molecule has 0 spiro atoms. The number of nitrogens with one attached hydrogen (secondary N) is 1. The Morgan fingerprint density at radius 3 is 2.72 bits per heavy atom. The standard InChI is InChI=1S/C14H20N2OS/c1-10-5-3-6-11(15)12(10)13(17)16-9-14(18-2)7-4-8-14/h3,5-6H,4,7-9,15H2,1-2H3,(H,16,17). The first-order valence-electron chi connectivity index (χ1n) is 6.26. The van der Waals surface area contributed by atoms with Crippen LogP contribution in [-0.4, -0.2) is 23.5 Å². The van der Waals surface area contributed by atoms with Gasteiger partial charge in [0.05, 0.1) is 5.56 Å². The van der Waals surface area contributed by atoms with Crippen LogP contribution in [0.4, 0.5) is 5.69 Å². The smallest absolute Gasteiger partial charge is 0.253 e. The molecule has 1 aliphatic rings. The van der Waals surface area contributed by atoms with E-state index in [0.29, 0.717) is 11.3 Å². The molecule has 0 unspecified atom stereocenters. The topological polar surface area (TPSA) is 55.1 Å². The van der Waals surface area contributed by atoms with E-state index in [1.165, 1.54) is 19.3 Å². The van der Waals surface area contributed by atoms with Gasteiger partial charge in [-0.05, 0) is 37.7 Å². The number of benzene rings is 1. The number of aryl methyl sites for hydroxylation is 1. The fourth-order valence-corrected chi connectivity index (χ4v) is 3.27. The van der Waals surface area contributed by atoms with Crippen molar-refractivity contribution in [3.63, 3.8) is 0 Å². The first kappa shape index (κ1) is 13.3. The summed E-state index contributed by atoms with van der Waals surface area (Å²) < 4.78 is 0.257. The first-order chi connectivity index (χ1) is 8.58. The van der Waals surface area contributed by atoms with Gasteiger partial charge in [-0.1, -0.05) is 18.6 Å². The van der Waals surface area contributed by atoms with Crippen LogP contribution in [0.1, 0.15) is 35.2 Å². The molecule has 3 nitrogen and oxygen atoms in total. The van der Waals surface area contributed by atoms with Crippen LogP contribution < -0.4 is 11.1 Å². The summed E-state index contributed by atoms with van der Waals surface area (Å²) in [6.45, 7) is 2.65. The molecule has 98 valence electrons. The van der Waals surface area contributed by atoms with Crippen molar-refractivity contribution < 1.29 is 4.79 Å². The molecule has 1 aromatic rings. The second kappa shape index (κ2) is 5.22. The van der Waals surface area contributed by atoms with Gasteiger partial charge in [0, 0.05) is 17.0 Å². The maximum atomic E-state index is 12.2. The van der Waals surface area contributed by atoms with Crippen molar-refractivity contribution in [3.05, 3.63) is 29.3 Å². The van der Waals surface area contributed by atoms with Crippen LogP contribution in [0.15, 0.2) is 18.2 Å². The van der Waals surface area contributed by atoms with Crippen molar-refractivity contribution >= 4 is 23.4 Å². The van der Waals surface area contributed by atoms with Crippen molar-refractivity contribution in [2.45, 2.75) is 30.9 Å². The van der Waals surface area contributed by atoms with Gasteiger partial charge in [-0.15, -0.1) is 0 Å². The summed E-state index contributed by atoms with van der Waals surface area (Å²) in [5.74, 6) is -0.0501. The van der Waals surface area contributed by atoms with Gasteiger partial charge in [0.25, 0.3) is 5.91 Å². The van der Waals surface area contributed by atoms with Crippen LogP contribution in [0.25, 0.3) is 0 Å². The number of carbonyl (C=O) groups is 1. The Kier molecular flexibility index (Phi) is 3.85. The number of anilines is 1. The summed E-state index contributed by atoms with van der Waals surface area (Å²) in [4.78, 5) is 12.2. The largest absolute Gasteiger partial charge is 0.398 e. The average molecular weight is 264 g/mol. The van der Waals surface area contributed by atoms with Crippen LogP contribution >= 0.6 is 11.8 Å². The summed E-state index contributed by atoms with van der Waals surface area (Å²) in [5, 5.41) is 3.03. The SMILES string of the molecule is CSC1(CNC(=O)c2c(C)cccc2N)CCC1. The number of nitrogens with two attached hydrogens (primary N) is 1. The fourth-order valence-electron chi connectivity index (χ4n) is 2.35. The van der Waals surface area contributed by atoms with Crippen LogP contribution in [0.5, 0.6) is 0 Å². The fraction of sp³-hybridized carbons (Fsp3) is 0.500. The molecule has 1 fully saturated rings. The Labute approximate surface area is 113 Å². The second-order valence-electron chi connectivity index (χ2n) is 4.96. The normalized spacial score (nSPS) is 17.0. The summed E-state index contributed by atoms with van der Waals surface area (Å²) in [5.41, 5.74) is 7.98. The maximum absolute atomic E-state index is 12.2. The summed E-state index contributed by atoms with van der Waals surface area (Å²) in [6.07, 6.45) is 5.77. The molecule has 18 heavy (non-hydrogen) atoms. The van der Waals surface area contributed by atoms with E-state index < -0.39 is 0 Å². The van der Waals surface area contributed by atoms with Crippen molar-refractivity contribution in [2.24, 2.45) is 0 Å². The monoisotopic (exact) mass is 264 g/mol. The van der Waals surface area contributed by atoms with E-state index in [2.05, 4.69) is 11.6 Å². The molecule has 0 saturated heterocycles. The number of carbonyl (C=O) groups excluding carboxylic acids is 1. The third-order valence-corrected chi connectivity index (χ3v) is 5.22. The highest BCUT2D eigenvalue weighted by atomic mass is 32.2. The molecule has 0 aromatic heterocycles. The Balaban J connectivity index is 2.04. The Hall–Kier alpha value is -1.16. The lowest BCUT2D eigenvalue weighted by Gasteiger charge is -2.40. The van der Waals surface area contributed by atoms with Crippen molar-refractivity contribution in [2.75, 3.05) is 18.5 Å². The molecule has 3 N–H and O–H groups in total. The zero-order valence-corrected chi connectivity index (χ0v) is 11.8. The molecule has 0 atom stereocenters. The zero-order valence-electron chi connectivity index (χ0n) is 11.0. The van der Waals surface area contributed by atoms with Gasteiger partial charge in [-0.2, -0.15) is 11.8 Å². The Bertz CT molecular complexity index is 429. The van der Waals surface area contributed by atoms with Gasteiger partial charge in [-0.25, -0.2) is 0 Å². The highest BCUT2D eigenvalue weighted by Crippen LogP contribution is 2.42. The number of hydrogen-bond acceptors (Lipinski definition) is 3. The second-order valence-corrected chi connectivity index (χ2v) is 6.24. The minimum Gasteiger partial charge on any atom is -0.398 e. The number of nitrogen functional groups attached to an aromatic ring is 1. The molecule has 1 saturated carbocycles. The molecule has 0 radical (unpaired) electrons. The third kappa shape index (κ3) is 2.48. The summed E-state index contributed by atoms with van der Waals surface area (Å²) in [6, 6.07) is 5.56. The summed E-state index contributed by atoms with van der Waals surface area (Å²) >= 11 is 1.86. The third-order valence-electron chi connectivity index (χ3n) is 3.80. The van der Waals surface area contributed by atoms with E-state index in [4.69, 9.17) is 5.73 Å². The molecule has 0 heterocycles. The summed E-state index contributed by atoms with van der Waals surface area (Å²) in [7, 11) is 0.